The molecule has 10 rings (SSSR count). The van der Waals surface area contributed by atoms with E-state index in [1.807, 2.05) is 11.3 Å². The van der Waals surface area contributed by atoms with Crippen molar-refractivity contribution >= 4 is 43.3 Å². The van der Waals surface area contributed by atoms with Crippen molar-refractivity contribution in [2.45, 2.75) is 36.8 Å². The smallest absolute Gasteiger partial charge is 0.135 e. The third-order valence-electron chi connectivity index (χ3n) is 10.3. The molecule has 0 N–H and O–H groups in total. The lowest BCUT2D eigenvalue weighted by Gasteiger charge is -2.23. The van der Waals surface area contributed by atoms with E-state index in [9.17, 15) is 0 Å². The molecule has 2 aliphatic carbocycles. The summed E-state index contributed by atoms with van der Waals surface area (Å²) in [6.45, 7) is 0. The van der Waals surface area contributed by atoms with Gasteiger partial charge >= 0.3 is 0 Å². The molecular weight excluding hydrogens is 567 g/mol. The molecule has 5 unspecified atom stereocenters. The molecule has 2 nitrogen and oxygen atoms in total. The second kappa shape index (κ2) is 9.89. The Kier molecular flexibility index (Phi) is 5.62. The van der Waals surface area contributed by atoms with Gasteiger partial charge in [-0.15, -0.1) is 11.3 Å². The molecule has 5 aromatic carbocycles. The lowest BCUT2D eigenvalue weighted by atomic mass is 9.83. The number of aliphatic imine (C=N–C) groups is 1. The van der Waals surface area contributed by atoms with Gasteiger partial charge in [-0.1, -0.05) is 115 Å². The molecule has 0 radical (unpaired) electrons. The Bertz CT molecular complexity index is 2250. The molecule has 2 aliphatic heterocycles. The van der Waals surface area contributed by atoms with Crippen molar-refractivity contribution in [3.63, 3.8) is 0 Å². The summed E-state index contributed by atoms with van der Waals surface area (Å²) in [4.78, 5) is 4.78. The number of nitrogens with zero attached hydrogens (tertiary/aromatic N) is 1. The van der Waals surface area contributed by atoms with Crippen LogP contribution in [0.25, 0.3) is 48.0 Å². The van der Waals surface area contributed by atoms with Crippen LogP contribution in [0.4, 0.5) is 0 Å². The summed E-state index contributed by atoms with van der Waals surface area (Å²) in [7, 11) is 0. The molecule has 5 atom stereocenters. The van der Waals surface area contributed by atoms with Crippen molar-refractivity contribution in [2.75, 3.05) is 0 Å². The number of allylic oxidation sites excluding steroid dienone is 2. The van der Waals surface area contributed by atoms with Gasteiger partial charge in [-0.05, 0) is 58.7 Å². The zero-order valence-electron chi connectivity index (χ0n) is 24.8. The number of hydrogen-bond acceptors (Lipinski definition) is 3. The molecule has 0 saturated heterocycles. The first-order chi connectivity index (χ1) is 22.3. The van der Waals surface area contributed by atoms with Crippen LogP contribution >= 0.6 is 11.3 Å². The predicted molar refractivity (Wildman–Crippen MR) is 189 cm³/mol. The highest BCUT2D eigenvalue weighted by Crippen LogP contribution is 2.51. The van der Waals surface area contributed by atoms with E-state index in [0.717, 1.165) is 17.2 Å². The van der Waals surface area contributed by atoms with Crippen molar-refractivity contribution in [1.82, 2.24) is 0 Å². The fourth-order valence-electron chi connectivity index (χ4n) is 7.90. The van der Waals surface area contributed by atoms with Crippen LogP contribution in [0.1, 0.15) is 41.4 Å². The molecule has 4 aliphatic rings. The minimum atomic E-state index is -0.0509. The summed E-state index contributed by atoms with van der Waals surface area (Å²) in [6, 6.07) is 40.8. The van der Waals surface area contributed by atoms with Crippen LogP contribution in [0.3, 0.4) is 0 Å². The van der Waals surface area contributed by atoms with E-state index in [4.69, 9.17) is 9.73 Å². The van der Waals surface area contributed by atoms with E-state index in [1.165, 1.54) is 72.0 Å². The second-order valence-corrected chi connectivity index (χ2v) is 14.0. The lowest BCUT2D eigenvalue weighted by Crippen LogP contribution is -2.21. The van der Waals surface area contributed by atoms with E-state index in [0.29, 0.717) is 12.0 Å². The van der Waals surface area contributed by atoms with Gasteiger partial charge in [-0.3, -0.25) is 4.99 Å². The topological polar surface area (TPSA) is 21.6 Å². The number of ether oxygens (including phenoxy) is 1. The molecule has 3 heteroatoms. The van der Waals surface area contributed by atoms with Gasteiger partial charge in [-0.2, -0.15) is 0 Å². The fraction of sp³-hybridized carbons (Fsp3) is 0.167. The fourth-order valence-corrected chi connectivity index (χ4v) is 9.14. The molecule has 1 fully saturated rings. The van der Waals surface area contributed by atoms with Gasteiger partial charge in [0.25, 0.3) is 0 Å². The van der Waals surface area contributed by atoms with Gasteiger partial charge in [0.15, 0.2) is 0 Å². The van der Waals surface area contributed by atoms with Crippen molar-refractivity contribution in [2.24, 2.45) is 10.9 Å². The minimum absolute atomic E-state index is 0.0509. The molecule has 0 spiro atoms. The van der Waals surface area contributed by atoms with Crippen LogP contribution in [0.5, 0.6) is 5.75 Å². The number of benzene rings is 5. The number of para-hydroxylation sites is 1. The van der Waals surface area contributed by atoms with Gasteiger partial charge in [0.1, 0.15) is 11.9 Å². The third-order valence-corrected chi connectivity index (χ3v) is 11.5. The molecule has 1 saturated carbocycles. The normalized spacial score (nSPS) is 24.2. The van der Waals surface area contributed by atoms with Crippen LogP contribution in [0, 0.1) is 5.92 Å². The summed E-state index contributed by atoms with van der Waals surface area (Å²) in [5, 5.41) is 2.65. The number of hydrogen-bond donors (Lipinski definition) is 0. The summed E-state index contributed by atoms with van der Waals surface area (Å²) >= 11 is 1.88. The first-order valence-electron chi connectivity index (χ1n) is 16.1. The number of fused-ring (bicyclic) bond motifs is 7. The molecule has 45 heavy (non-hydrogen) atoms. The van der Waals surface area contributed by atoms with E-state index >= 15 is 0 Å². The molecule has 6 aromatic rings. The van der Waals surface area contributed by atoms with Crippen LogP contribution < -0.4 is 4.74 Å². The molecule has 0 amide bonds. The SMILES string of the molecule is C1=CC2c3cccc(-c4cccc(-c5cccc(C6C=NC7CC7C6)c5)c4)c3OC2C(c2cccc3c2sc2ccccc23)=C1. The van der Waals surface area contributed by atoms with Gasteiger partial charge in [0.05, 0.1) is 6.04 Å². The van der Waals surface area contributed by atoms with Crippen molar-refractivity contribution < 1.29 is 4.74 Å². The zero-order chi connectivity index (χ0) is 29.5. The van der Waals surface area contributed by atoms with Gasteiger partial charge in [0.2, 0.25) is 0 Å². The van der Waals surface area contributed by atoms with E-state index in [1.54, 1.807) is 0 Å². The maximum atomic E-state index is 7.02. The third kappa shape index (κ3) is 4.11. The van der Waals surface area contributed by atoms with Gasteiger partial charge < -0.3 is 4.74 Å². The highest BCUT2D eigenvalue weighted by molar-refractivity contribution is 7.26. The molecule has 216 valence electrons. The predicted octanol–water partition coefficient (Wildman–Crippen LogP) is 10.8. The molecular formula is C42H31NOS. The van der Waals surface area contributed by atoms with Crippen molar-refractivity contribution in [3.05, 3.63) is 144 Å². The summed E-state index contributed by atoms with van der Waals surface area (Å²) in [5.41, 5.74) is 10.0. The van der Waals surface area contributed by atoms with E-state index in [2.05, 4.69) is 134 Å². The minimum Gasteiger partial charge on any atom is -0.484 e. The highest BCUT2D eigenvalue weighted by atomic mass is 32.1. The average molecular weight is 598 g/mol. The Morgan fingerprint density at radius 2 is 1.51 bits per heavy atom. The highest BCUT2D eigenvalue weighted by Gasteiger charge is 2.41. The van der Waals surface area contributed by atoms with Crippen molar-refractivity contribution in [1.29, 1.82) is 0 Å². The standard InChI is InChI=1S/C42H31NOS/c1-2-19-39-32(12-1)36-17-7-18-37(42(36)45-39)35-16-6-15-34-33-14-5-13-31(40(33)44-41(34)35)28-11-4-9-26(21-28)25-8-3-10-27(20-25)30-22-29-23-38(29)43-24-30/h1-21,24,29-30,34,38,41H,22-23H2. The zero-order valence-corrected chi connectivity index (χ0v) is 25.6. The Morgan fingerprint density at radius 3 is 2.47 bits per heavy atom. The first-order valence-corrected chi connectivity index (χ1v) is 16.9. The van der Waals surface area contributed by atoms with Gasteiger partial charge in [-0.25, -0.2) is 0 Å². The quantitative estimate of drug-likeness (QED) is 0.198. The Hall–Kier alpha value is -4.73. The monoisotopic (exact) mass is 597 g/mol. The maximum Gasteiger partial charge on any atom is 0.135 e. The summed E-state index contributed by atoms with van der Waals surface area (Å²) in [5.74, 6) is 2.42. The largest absolute Gasteiger partial charge is 0.484 e. The van der Waals surface area contributed by atoms with Crippen LogP contribution in [-0.2, 0) is 0 Å². The molecule has 1 aromatic heterocycles. The molecule has 0 bridgehead atoms. The Labute approximate surface area is 267 Å². The summed E-state index contributed by atoms with van der Waals surface area (Å²) in [6.07, 6.45) is 11.5. The van der Waals surface area contributed by atoms with E-state index < -0.39 is 0 Å². The number of thiophene rings is 1. The Morgan fingerprint density at radius 1 is 0.711 bits per heavy atom. The number of rotatable bonds is 4. The van der Waals surface area contributed by atoms with Gasteiger partial charge in [0, 0.05) is 54.9 Å². The maximum absolute atomic E-state index is 7.02. The Balaban J connectivity index is 1.01. The average Bonchev–Trinajstić information content (AvgIpc) is 3.63. The first kappa shape index (κ1) is 25.6. The lowest BCUT2D eigenvalue weighted by molar-refractivity contribution is 0.279. The van der Waals surface area contributed by atoms with Crippen LogP contribution in [-0.4, -0.2) is 18.4 Å². The second-order valence-electron chi connectivity index (χ2n) is 13.0. The van der Waals surface area contributed by atoms with Crippen molar-refractivity contribution in [3.8, 4) is 28.0 Å². The summed E-state index contributed by atoms with van der Waals surface area (Å²) < 4.78 is 9.68. The van der Waals surface area contributed by atoms with Crippen LogP contribution in [0.2, 0.25) is 0 Å². The molecule has 3 heterocycles. The van der Waals surface area contributed by atoms with Crippen LogP contribution in [0.15, 0.2) is 132 Å². The van der Waals surface area contributed by atoms with E-state index in [-0.39, 0.29) is 12.0 Å².